The van der Waals surface area contributed by atoms with Crippen molar-refractivity contribution in [3.05, 3.63) is 48.4 Å². The van der Waals surface area contributed by atoms with Gasteiger partial charge in [0.25, 0.3) is 10.0 Å². The summed E-state index contributed by atoms with van der Waals surface area (Å²) in [5, 5.41) is 0. The number of rotatable bonds is 6. The van der Waals surface area contributed by atoms with Crippen LogP contribution in [0.3, 0.4) is 0 Å². The molecule has 0 saturated heterocycles. The second-order valence-corrected chi connectivity index (χ2v) is 6.61. The summed E-state index contributed by atoms with van der Waals surface area (Å²) in [5.41, 5.74) is 1.19. The highest BCUT2D eigenvalue weighted by Gasteiger charge is 2.16. The molecule has 2 aromatic carbocycles. The van der Waals surface area contributed by atoms with E-state index in [0.717, 1.165) is 6.21 Å². The number of methoxy groups -OCH3 is 1. The lowest BCUT2D eigenvalue weighted by Crippen LogP contribution is -2.01. The van der Waals surface area contributed by atoms with E-state index >= 15 is 0 Å². The molecule has 0 aliphatic heterocycles. The highest BCUT2D eigenvalue weighted by molar-refractivity contribution is 7.90. The summed E-state index contributed by atoms with van der Waals surface area (Å²) in [4.78, 5) is 4.15. The highest BCUT2D eigenvalue weighted by Crippen LogP contribution is 2.30. The van der Waals surface area contributed by atoms with Crippen LogP contribution in [0.15, 0.2) is 56.2 Å². The van der Waals surface area contributed by atoms with E-state index in [9.17, 15) is 8.42 Å². The number of ether oxygens (including phenoxy) is 2. The predicted octanol–water partition coefficient (Wildman–Crippen LogP) is 3.04. The standard InChI is InChI=1S/C17H16N2O5S/c1-3-23-16-10-12(8-9-15(16)22-2)25(20,21)18-11-17-19-13-6-4-5-7-14(13)24-17/h4-11H,3H2,1-2H3/b18-11+. The zero-order valence-electron chi connectivity index (χ0n) is 13.7. The molecular weight excluding hydrogens is 344 g/mol. The Labute approximate surface area is 145 Å². The van der Waals surface area contributed by atoms with Crippen LogP contribution >= 0.6 is 0 Å². The molecule has 0 atom stereocenters. The van der Waals surface area contributed by atoms with Gasteiger partial charge in [0.1, 0.15) is 11.7 Å². The average molecular weight is 360 g/mol. The van der Waals surface area contributed by atoms with Gasteiger partial charge in [0.2, 0.25) is 5.89 Å². The minimum Gasteiger partial charge on any atom is -0.493 e. The van der Waals surface area contributed by atoms with Crippen LogP contribution < -0.4 is 9.47 Å². The van der Waals surface area contributed by atoms with Crippen LogP contribution in [0, 0.1) is 0 Å². The molecule has 1 heterocycles. The van der Waals surface area contributed by atoms with Gasteiger partial charge in [-0.05, 0) is 31.2 Å². The monoisotopic (exact) mass is 360 g/mol. The SMILES string of the molecule is CCOc1cc(S(=O)(=O)/N=C/c2nc3ccccc3o2)ccc1OC. The number of hydrogen-bond acceptors (Lipinski definition) is 6. The third-order valence-corrected chi connectivity index (χ3v) is 4.58. The zero-order chi connectivity index (χ0) is 17.9. The number of aromatic nitrogens is 1. The molecule has 8 heteroatoms. The van der Waals surface area contributed by atoms with Crippen molar-refractivity contribution in [2.24, 2.45) is 4.40 Å². The maximum Gasteiger partial charge on any atom is 0.282 e. The molecule has 3 rings (SSSR count). The van der Waals surface area contributed by atoms with E-state index in [4.69, 9.17) is 13.9 Å². The lowest BCUT2D eigenvalue weighted by molar-refractivity contribution is 0.310. The fourth-order valence-corrected chi connectivity index (χ4v) is 3.05. The molecule has 0 radical (unpaired) electrons. The zero-order valence-corrected chi connectivity index (χ0v) is 14.5. The second-order valence-electron chi connectivity index (χ2n) is 4.98. The molecule has 25 heavy (non-hydrogen) atoms. The number of fused-ring (bicyclic) bond motifs is 1. The first-order chi connectivity index (χ1) is 12.0. The molecule has 3 aromatic rings. The normalized spacial score (nSPS) is 11.9. The van der Waals surface area contributed by atoms with Crippen LogP contribution in [0.25, 0.3) is 11.1 Å². The fraction of sp³-hybridized carbons (Fsp3) is 0.176. The number of para-hydroxylation sites is 2. The van der Waals surface area contributed by atoms with E-state index in [0.29, 0.717) is 29.2 Å². The third-order valence-electron chi connectivity index (χ3n) is 3.35. The van der Waals surface area contributed by atoms with E-state index in [2.05, 4.69) is 9.38 Å². The Hall–Kier alpha value is -2.87. The predicted molar refractivity (Wildman–Crippen MR) is 93.0 cm³/mol. The molecule has 7 nitrogen and oxygen atoms in total. The smallest absolute Gasteiger partial charge is 0.282 e. The van der Waals surface area contributed by atoms with E-state index < -0.39 is 10.0 Å². The summed E-state index contributed by atoms with van der Waals surface area (Å²) in [6.45, 7) is 2.18. The number of hydrogen-bond donors (Lipinski definition) is 0. The van der Waals surface area contributed by atoms with E-state index in [-0.39, 0.29) is 10.8 Å². The minimum absolute atomic E-state index is 0.0101. The number of benzene rings is 2. The molecular formula is C17H16N2O5S. The first-order valence-electron chi connectivity index (χ1n) is 7.50. The molecule has 0 aliphatic carbocycles. The largest absolute Gasteiger partial charge is 0.493 e. The number of sulfonamides is 1. The molecule has 0 saturated carbocycles. The summed E-state index contributed by atoms with van der Waals surface area (Å²) in [6, 6.07) is 11.4. The van der Waals surface area contributed by atoms with Gasteiger partial charge in [-0.3, -0.25) is 0 Å². The van der Waals surface area contributed by atoms with Gasteiger partial charge in [0.05, 0.1) is 18.6 Å². The molecule has 0 amide bonds. The third kappa shape index (κ3) is 3.63. The Morgan fingerprint density at radius 1 is 1.20 bits per heavy atom. The number of oxazole rings is 1. The van der Waals surface area contributed by atoms with Crippen molar-refractivity contribution in [3.63, 3.8) is 0 Å². The average Bonchev–Trinajstić information content (AvgIpc) is 3.03. The fourth-order valence-electron chi connectivity index (χ4n) is 2.21. The van der Waals surface area contributed by atoms with Gasteiger partial charge in [-0.25, -0.2) is 4.98 Å². The lowest BCUT2D eigenvalue weighted by atomic mass is 10.3. The minimum atomic E-state index is -3.93. The Morgan fingerprint density at radius 3 is 2.72 bits per heavy atom. The van der Waals surface area contributed by atoms with Gasteiger partial charge >= 0.3 is 0 Å². The van der Waals surface area contributed by atoms with Crippen LogP contribution in [-0.4, -0.2) is 33.3 Å². The maximum atomic E-state index is 12.4. The molecule has 1 aromatic heterocycles. The van der Waals surface area contributed by atoms with Crippen LogP contribution in [0.5, 0.6) is 11.5 Å². The summed E-state index contributed by atoms with van der Waals surface area (Å²) in [5.74, 6) is 0.898. The first kappa shape index (κ1) is 17.0. The van der Waals surface area contributed by atoms with Crippen molar-refractivity contribution in [2.75, 3.05) is 13.7 Å². The van der Waals surface area contributed by atoms with E-state index in [1.807, 2.05) is 6.07 Å². The van der Waals surface area contributed by atoms with Gasteiger partial charge in [-0.2, -0.15) is 12.8 Å². The molecule has 0 fully saturated rings. The molecule has 0 N–H and O–H groups in total. The van der Waals surface area contributed by atoms with Gasteiger partial charge in [-0.15, -0.1) is 0 Å². The summed E-state index contributed by atoms with van der Waals surface area (Å²) in [7, 11) is -2.44. The Morgan fingerprint density at radius 2 is 2.00 bits per heavy atom. The number of nitrogens with zero attached hydrogens (tertiary/aromatic N) is 2. The van der Waals surface area contributed by atoms with Gasteiger partial charge in [0.15, 0.2) is 17.1 Å². The Bertz CT molecular complexity index is 991. The Kier molecular flexibility index (Phi) is 4.71. The van der Waals surface area contributed by atoms with Crippen LogP contribution in [0.2, 0.25) is 0 Å². The Balaban J connectivity index is 1.91. The van der Waals surface area contributed by atoms with Gasteiger partial charge in [-0.1, -0.05) is 12.1 Å². The summed E-state index contributed by atoms with van der Waals surface area (Å²) in [6.07, 6.45) is 1.08. The lowest BCUT2D eigenvalue weighted by Gasteiger charge is -2.10. The second kappa shape index (κ2) is 6.94. The maximum absolute atomic E-state index is 12.4. The molecule has 0 aliphatic rings. The van der Waals surface area contributed by atoms with Gasteiger partial charge < -0.3 is 13.9 Å². The molecule has 130 valence electrons. The summed E-state index contributed by atoms with van der Waals surface area (Å²) < 4.78 is 44.4. The topological polar surface area (TPSA) is 91.0 Å². The van der Waals surface area contributed by atoms with Crippen molar-refractivity contribution >= 4 is 27.3 Å². The van der Waals surface area contributed by atoms with Gasteiger partial charge in [0, 0.05) is 6.07 Å². The summed E-state index contributed by atoms with van der Waals surface area (Å²) >= 11 is 0. The molecule has 0 spiro atoms. The van der Waals surface area contributed by atoms with Crippen molar-refractivity contribution in [3.8, 4) is 11.5 Å². The van der Waals surface area contributed by atoms with Crippen molar-refractivity contribution in [2.45, 2.75) is 11.8 Å². The van der Waals surface area contributed by atoms with Crippen LogP contribution in [-0.2, 0) is 10.0 Å². The molecule has 0 unspecified atom stereocenters. The van der Waals surface area contributed by atoms with E-state index in [1.54, 1.807) is 25.1 Å². The molecule has 0 bridgehead atoms. The first-order valence-corrected chi connectivity index (χ1v) is 8.94. The quantitative estimate of drug-likeness (QED) is 0.628. The van der Waals surface area contributed by atoms with Crippen LogP contribution in [0.1, 0.15) is 12.8 Å². The highest BCUT2D eigenvalue weighted by atomic mass is 32.2. The van der Waals surface area contributed by atoms with Crippen LogP contribution in [0.4, 0.5) is 0 Å². The van der Waals surface area contributed by atoms with Crippen molar-refractivity contribution < 1.29 is 22.3 Å². The van der Waals surface area contributed by atoms with E-state index in [1.165, 1.54) is 25.3 Å². The van der Waals surface area contributed by atoms with Crippen molar-refractivity contribution in [1.29, 1.82) is 0 Å². The van der Waals surface area contributed by atoms with Crippen molar-refractivity contribution in [1.82, 2.24) is 4.98 Å².